The quantitative estimate of drug-likeness (QED) is 0.654. The minimum Gasteiger partial charge on any atom is -0.384 e. The van der Waals surface area contributed by atoms with Gasteiger partial charge in [0, 0.05) is 17.1 Å². The Morgan fingerprint density at radius 3 is 3.00 bits per heavy atom. The van der Waals surface area contributed by atoms with E-state index in [1.807, 2.05) is 0 Å². The van der Waals surface area contributed by atoms with Crippen molar-refractivity contribution in [2.75, 3.05) is 5.73 Å². The third-order valence-corrected chi connectivity index (χ3v) is 1.72. The van der Waals surface area contributed by atoms with E-state index in [1.54, 1.807) is 18.2 Å². The molecular formula is C9H7N3O. The lowest BCUT2D eigenvalue weighted by molar-refractivity contribution is 0.112. The first-order valence-electron chi connectivity index (χ1n) is 3.77. The lowest BCUT2D eigenvalue weighted by atomic mass is 10.2. The van der Waals surface area contributed by atoms with Crippen LogP contribution in [-0.4, -0.2) is 16.3 Å². The molecule has 0 aliphatic heterocycles. The maximum absolute atomic E-state index is 10.4. The summed E-state index contributed by atoms with van der Waals surface area (Å²) in [5.74, 6) is 0.429. The molecule has 4 heteroatoms. The Kier molecular flexibility index (Phi) is 1.66. The summed E-state index contributed by atoms with van der Waals surface area (Å²) in [4.78, 5) is 18.4. The molecule has 0 bridgehead atoms. The van der Waals surface area contributed by atoms with Crippen molar-refractivity contribution in [3.05, 3.63) is 30.0 Å². The zero-order valence-corrected chi connectivity index (χ0v) is 6.77. The van der Waals surface area contributed by atoms with Crippen molar-refractivity contribution in [1.29, 1.82) is 0 Å². The average Bonchev–Trinajstić information content (AvgIpc) is 2.17. The molecule has 0 spiro atoms. The summed E-state index contributed by atoms with van der Waals surface area (Å²) < 4.78 is 0. The molecule has 2 heterocycles. The van der Waals surface area contributed by atoms with Crippen LogP contribution in [0.5, 0.6) is 0 Å². The summed E-state index contributed by atoms with van der Waals surface area (Å²) in [6.45, 7) is 0. The smallest absolute Gasteiger partial charge is 0.161 e. The number of carbonyl (C=O) groups excluding carboxylic acids is 1. The number of nitrogens with two attached hydrogens (primary N) is 1. The molecule has 0 unspecified atom stereocenters. The van der Waals surface area contributed by atoms with Crippen LogP contribution < -0.4 is 5.73 Å². The molecule has 0 saturated carbocycles. The molecule has 0 aliphatic rings. The van der Waals surface area contributed by atoms with Gasteiger partial charge in [0.2, 0.25) is 0 Å². The fourth-order valence-corrected chi connectivity index (χ4v) is 1.11. The van der Waals surface area contributed by atoms with E-state index in [4.69, 9.17) is 5.73 Å². The molecule has 0 atom stereocenters. The van der Waals surface area contributed by atoms with Gasteiger partial charge in [-0.05, 0) is 18.2 Å². The Labute approximate surface area is 74.4 Å². The Morgan fingerprint density at radius 2 is 2.23 bits per heavy atom. The van der Waals surface area contributed by atoms with E-state index in [9.17, 15) is 4.79 Å². The number of aromatic nitrogens is 2. The van der Waals surface area contributed by atoms with Crippen molar-refractivity contribution >= 4 is 23.1 Å². The second-order valence-electron chi connectivity index (χ2n) is 2.67. The van der Waals surface area contributed by atoms with Gasteiger partial charge in [0.15, 0.2) is 11.9 Å². The average molecular weight is 173 g/mol. The predicted molar refractivity (Wildman–Crippen MR) is 49.3 cm³/mol. The number of hydrogen-bond acceptors (Lipinski definition) is 4. The Hall–Kier alpha value is -1.97. The maximum atomic E-state index is 10.4. The molecule has 0 saturated heterocycles. The molecule has 64 valence electrons. The highest BCUT2D eigenvalue weighted by Gasteiger charge is 1.98. The number of fused-ring (bicyclic) bond motifs is 1. The van der Waals surface area contributed by atoms with Crippen LogP contribution in [0.3, 0.4) is 0 Å². The number of anilines is 1. The van der Waals surface area contributed by atoms with Gasteiger partial charge in [-0.3, -0.25) is 4.79 Å². The molecule has 2 aromatic rings. The molecule has 13 heavy (non-hydrogen) atoms. The molecule has 0 fully saturated rings. The first-order chi connectivity index (χ1) is 6.29. The molecule has 0 aliphatic carbocycles. The topological polar surface area (TPSA) is 68.9 Å². The number of pyridine rings is 2. The summed E-state index contributed by atoms with van der Waals surface area (Å²) in [7, 11) is 0. The number of hydrogen-bond donors (Lipinski definition) is 1. The van der Waals surface area contributed by atoms with Crippen LogP contribution in [0, 0.1) is 0 Å². The summed E-state index contributed by atoms with van der Waals surface area (Å²) in [5, 5.41) is 0.818. The number of nitrogens with zero attached hydrogens (tertiary/aromatic N) is 2. The zero-order valence-electron chi connectivity index (χ0n) is 6.77. The standard InChI is InChI=1S/C9H7N3O/c10-8-2-1-7-3-6(5-13)4-11-9(7)12-8/h1-5H,(H2,10,11,12). The predicted octanol–water partition coefficient (Wildman–Crippen LogP) is 1.02. The normalized spacial score (nSPS) is 10.2. The molecular weight excluding hydrogens is 166 g/mol. The summed E-state index contributed by atoms with van der Waals surface area (Å²) in [6.07, 6.45) is 2.23. The number of rotatable bonds is 1. The van der Waals surface area contributed by atoms with Gasteiger partial charge >= 0.3 is 0 Å². The molecule has 0 radical (unpaired) electrons. The highest BCUT2D eigenvalue weighted by atomic mass is 16.1. The summed E-state index contributed by atoms with van der Waals surface area (Å²) in [6, 6.07) is 5.19. The van der Waals surface area contributed by atoms with E-state index in [-0.39, 0.29) is 0 Å². The highest BCUT2D eigenvalue weighted by Crippen LogP contribution is 2.11. The van der Waals surface area contributed by atoms with Gasteiger partial charge in [-0.1, -0.05) is 0 Å². The summed E-state index contributed by atoms with van der Waals surface area (Å²) in [5.41, 5.74) is 6.58. The molecule has 2 aromatic heterocycles. The first kappa shape index (κ1) is 7.67. The molecule has 2 N–H and O–H groups in total. The van der Waals surface area contributed by atoms with Crippen LogP contribution in [0.2, 0.25) is 0 Å². The van der Waals surface area contributed by atoms with Crippen molar-refractivity contribution in [2.24, 2.45) is 0 Å². The Morgan fingerprint density at radius 1 is 1.38 bits per heavy atom. The van der Waals surface area contributed by atoms with Crippen LogP contribution in [0.15, 0.2) is 24.4 Å². The van der Waals surface area contributed by atoms with Gasteiger partial charge in [-0.25, -0.2) is 9.97 Å². The monoisotopic (exact) mass is 173 g/mol. The molecule has 0 aromatic carbocycles. The summed E-state index contributed by atoms with van der Waals surface area (Å²) >= 11 is 0. The van der Waals surface area contributed by atoms with Crippen molar-refractivity contribution in [3.8, 4) is 0 Å². The second kappa shape index (κ2) is 2.82. The van der Waals surface area contributed by atoms with Gasteiger partial charge in [0.1, 0.15) is 5.82 Å². The van der Waals surface area contributed by atoms with E-state index >= 15 is 0 Å². The van der Waals surface area contributed by atoms with E-state index < -0.39 is 0 Å². The minimum atomic E-state index is 0.429. The first-order valence-corrected chi connectivity index (χ1v) is 3.77. The lowest BCUT2D eigenvalue weighted by Gasteiger charge is -1.97. The van der Waals surface area contributed by atoms with E-state index in [0.717, 1.165) is 11.7 Å². The maximum Gasteiger partial charge on any atom is 0.161 e. The Balaban J connectivity index is 2.73. The van der Waals surface area contributed by atoms with E-state index in [1.165, 1.54) is 6.20 Å². The Bertz CT molecular complexity index is 467. The highest BCUT2D eigenvalue weighted by molar-refractivity contribution is 5.84. The molecule has 0 amide bonds. The number of nitrogen functional groups attached to an aromatic ring is 1. The van der Waals surface area contributed by atoms with Crippen molar-refractivity contribution in [1.82, 2.24) is 9.97 Å². The van der Waals surface area contributed by atoms with Crippen LogP contribution in [-0.2, 0) is 0 Å². The lowest BCUT2D eigenvalue weighted by Crippen LogP contribution is -1.92. The van der Waals surface area contributed by atoms with Gasteiger partial charge in [-0.15, -0.1) is 0 Å². The van der Waals surface area contributed by atoms with Crippen molar-refractivity contribution in [2.45, 2.75) is 0 Å². The van der Waals surface area contributed by atoms with Gasteiger partial charge in [0.05, 0.1) is 0 Å². The third kappa shape index (κ3) is 1.33. The molecule has 2 rings (SSSR count). The molecule has 4 nitrogen and oxygen atoms in total. The largest absolute Gasteiger partial charge is 0.384 e. The van der Waals surface area contributed by atoms with Crippen molar-refractivity contribution in [3.63, 3.8) is 0 Å². The second-order valence-corrected chi connectivity index (χ2v) is 2.67. The van der Waals surface area contributed by atoms with Gasteiger partial charge < -0.3 is 5.73 Å². The zero-order chi connectivity index (χ0) is 9.26. The SMILES string of the molecule is Nc1ccc2cc(C=O)cnc2n1. The minimum absolute atomic E-state index is 0.429. The third-order valence-electron chi connectivity index (χ3n) is 1.72. The number of carbonyl (C=O) groups is 1. The van der Waals surface area contributed by atoms with Gasteiger partial charge in [-0.2, -0.15) is 0 Å². The van der Waals surface area contributed by atoms with E-state index in [2.05, 4.69) is 9.97 Å². The van der Waals surface area contributed by atoms with Crippen LogP contribution in [0.25, 0.3) is 11.0 Å². The van der Waals surface area contributed by atoms with Crippen LogP contribution in [0.1, 0.15) is 10.4 Å². The van der Waals surface area contributed by atoms with Crippen LogP contribution >= 0.6 is 0 Å². The number of aldehydes is 1. The van der Waals surface area contributed by atoms with E-state index in [0.29, 0.717) is 17.0 Å². The fourth-order valence-electron chi connectivity index (χ4n) is 1.11. The van der Waals surface area contributed by atoms with Gasteiger partial charge in [0.25, 0.3) is 0 Å². The van der Waals surface area contributed by atoms with Crippen molar-refractivity contribution < 1.29 is 4.79 Å². The fraction of sp³-hybridized carbons (Fsp3) is 0. The van der Waals surface area contributed by atoms with Crippen LogP contribution in [0.4, 0.5) is 5.82 Å².